The number of benzene rings is 1. The van der Waals surface area contributed by atoms with Crippen molar-refractivity contribution in [2.45, 2.75) is 17.9 Å². The van der Waals surface area contributed by atoms with Crippen molar-refractivity contribution >= 4 is 10.0 Å². The van der Waals surface area contributed by atoms with Gasteiger partial charge in [-0.05, 0) is 31.7 Å². The summed E-state index contributed by atoms with van der Waals surface area (Å²) in [6.45, 7) is 1.13. The van der Waals surface area contributed by atoms with Gasteiger partial charge in [0.2, 0.25) is 10.0 Å². The smallest absolute Gasteiger partial charge is 0.242 e. The van der Waals surface area contributed by atoms with Crippen LogP contribution in [0.3, 0.4) is 0 Å². The van der Waals surface area contributed by atoms with Gasteiger partial charge in [-0.2, -0.15) is 0 Å². The van der Waals surface area contributed by atoms with Crippen molar-refractivity contribution in [3.05, 3.63) is 29.6 Å². The molecule has 0 bridgehead atoms. The average molecular weight is 304 g/mol. The van der Waals surface area contributed by atoms with E-state index in [9.17, 15) is 12.8 Å². The Balaban J connectivity index is 2.94. The van der Waals surface area contributed by atoms with Crippen LogP contribution < -0.4 is 5.32 Å². The lowest BCUT2D eigenvalue weighted by Crippen LogP contribution is -2.28. The van der Waals surface area contributed by atoms with Crippen molar-refractivity contribution < 1.29 is 17.5 Å². The van der Waals surface area contributed by atoms with E-state index in [0.717, 1.165) is 0 Å². The fourth-order valence-corrected chi connectivity index (χ4v) is 3.03. The van der Waals surface area contributed by atoms with E-state index in [1.165, 1.54) is 29.6 Å². The highest BCUT2D eigenvalue weighted by atomic mass is 32.2. The normalized spacial score (nSPS) is 12.1. The minimum atomic E-state index is -3.59. The molecule has 0 radical (unpaired) electrons. The van der Waals surface area contributed by atoms with Gasteiger partial charge in [0.1, 0.15) is 5.82 Å². The molecule has 114 valence electrons. The third-order valence-electron chi connectivity index (χ3n) is 2.91. The number of halogens is 1. The molecule has 7 heteroatoms. The zero-order valence-electron chi connectivity index (χ0n) is 12.0. The molecule has 0 unspecified atom stereocenters. The summed E-state index contributed by atoms with van der Waals surface area (Å²) in [5, 5.41) is 2.81. The topological polar surface area (TPSA) is 58.6 Å². The first-order chi connectivity index (χ1) is 9.43. The molecule has 0 saturated heterocycles. The van der Waals surface area contributed by atoms with Crippen LogP contribution in [0.2, 0.25) is 0 Å². The average Bonchev–Trinajstić information content (AvgIpc) is 2.41. The molecule has 0 aromatic heterocycles. The number of sulfonamides is 1. The molecule has 0 atom stereocenters. The standard InChI is InChI=1S/C13H21FN2O3S/c1-15-10-11-9-12(5-6-13(11)14)20(17,18)16(2)7-4-8-19-3/h5-6,9,15H,4,7-8,10H2,1-3H3. The molecule has 0 heterocycles. The van der Waals surface area contributed by atoms with Crippen LogP contribution in [0, 0.1) is 5.82 Å². The summed E-state index contributed by atoms with van der Waals surface area (Å²) < 4.78 is 44.4. The lowest BCUT2D eigenvalue weighted by Gasteiger charge is -2.17. The summed E-state index contributed by atoms with van der Waals surface area (Å²) in [7, 11) is 1.16. The number of ether oxygens (including phenoxy) is 1. The van der Waals surface area contributed by atoms with E-state index in [1.807, 2.05) is 0 Å². The van der Waals surface area contributed by atoms with E-state index >= 15 is 0 Å². The highest BCUT2D eigenvalue weighted by Crippen LogP contribution is 2.18. The molecule has 5 nitrogen and oxygen atoms in total. The Morgan fingerprint density at radius 2 is 2.10 bits per heavy atom. The van der Waals surface area contributed by atoms with Gasteiger partial charge in [0, 0.05) is 39.4 Å². The number of hydrogen-bond donors (Lipinski definition) is 1. The summed E-state index contributed by atoms with van der Waals surface area (Å²) in [5.41, 5.74) is 0.332. The number of rotatable bonds is 8. The van der Waals surface area contributed by atoms with Gasteiger partial charge in [-0.25, -0.2) is 17.1 Å². The molecule has 0 aliphatic carbocycles. The van der Waals surface area contributed by atoms with Crippen LogP contribution in [0.1, 0.15) is 12.0 Å². The zero-order valence-corrected chi connectivity index (χ0v) is 12.8. The molecular formula is C13H21FN2O3S. The Hall–Kier alpha value is -1.02. The van der Waals surface area contributed by atoms with Crippen LogP contribution >= 0.6 is 0 Å². The minimum absolute atomic E-state index is 0.101. The molecule has 0 aliphatic rings. The van der Waals surface area contributed by atoms with Crippen LogP contribution in [0.5, 0.6) is 0 Å². The van der Waals surface area contributed by atoms with E-state index < -0.39 is 15.8 Å². The first-order valence-electron chi connectivity index (χ1n) is 6.31. The largest absolute Gasteiger partial charge is 0.385 e. The van der Waals surface area contributed by atoms with Crippen LogP contribution in [-0.2, 0) is 21.3 Å². The van der Waals surface area contributed by atoms with Crippen molar-refractivity contribution in [3.8, 4) is 0 Å². The summed E-state index contributed by atoms with van der Waals surface area (Å²) in [6.07, 6.45) is 0.608. The van der Waals surface area contributed by atoms with E-state index in [2.05, 4.69) is 5.32 Å². The number of methoxy groups -OCH3 is 1. The maximum atomic E-state index is 13.5. The van der Waals surface area contributed by atoms with Crippen molar-refractivity contribution in [2.24, 2.45) is 0 Å². The van der Waals surface area contributed by atoms with Gasteiger partial charge in [0.25, 0.3) is 0 Å². The highest BCUT2D eigenvalue weighted by Gasteiger charge is 2.21. The Labute approximate surface area is 119 Å². The summed E-state index contributed by atoms with van der Waals surface area (Å²) in [4.78, 5) is 0.101. The van der Waals surface area contributed by atoms with Crippen molar-refractivity contribution in [1.29, 1.82) is 0 Å². The number of nitrogens with one attached hydrogen (secondary N) is 1. The molecule has 0 aliphatic heterocycles. The predicted octanol–water partition coefficient (Wildman–Crippen LogP) is 1.20. The Morgan fingerprint density at radius 1 is 1.40 bits per heavy atom. The molecule has 1 aromatic rings. The monoisotopic (exact) mass is 304 g/mol. The Bertz CT molecular complexity index is 534. The van der Waals surface area contributed by atoms with Crippen LogP contribution in [0.25, 0.3) is 0 Å². The summed E-state index contributed by atoms with van der Waals surface area (Å²) >= 11 is 0. The highest BCUT2D eigenvalue weighted by molar-refractivity contribution is 7.89. The van der Waals surface area contributed by atoms with Gasteiger partial charge >= 0.3 is 0 Å². The zero-order chi connectivity index (χ0) is 15.2. The molecule has 1 N–H and O–H groups in total. The van der Waals surface area contributed by atoms with E-state index in [4.69, 9.17) is 4.74 Å². The van der Waals surface area contributed by atoms with Gasteiger partial charge in [-0.1, -0.05) is 0 Å². The van der Waals surface area contributed by atoms with Gasteiger partial charge in [0.15, 0.2) is 0 Å². The quantitative estimate of drug-likeness (QED) is 0.733. The SMILES string of the molecule is CNCc1cc(S(=O)(=O)N(C)CCCOC)ccc1F. The second kappa shape index (κ2) is 7.68. The lowest BCUT2D eigenvalue weighted by molar-refractivity contribution is 0.189. The first kappa shape index (κ1) is 17.0. The molecule has 0 saturated carbocycles. The first-order valence-corrected chi connectivity index (χ1v) is 7.75. The van der Waals surface area contributed by atoms with Crippen molar-refractivity contribution in [2.75, 3.05) is 34.4 Å². The predicted molar refractivity (Wildman–Crippen MR) is 75.5 cm³/mol. The van der Waals surface area contributed by atoms with E-state index in [0.29, 0.717) is 25.1 Å². The van der Waals surface area contributed by atoms with E-state index in [-0.39, 0.29) is 11.4 Å². The molecule has 0 fully saturated rings. The van der Waals surface area contributed by atoms with Crippen LogP contribution in [0.15, 0.2) is 23.1 Å². The third kappa shape index (κ3) is 4.24. The fraction of sp³-hybridized carbons (Fsp3) is 0.538. The molecule has 1 rings (SSSR count). The van der Waals surface area contributed by atoms with Crippen molar-refractivity contribution in [3.63, 3.8) is 0 Å². The van der Waals surface area contributed by atoms with Crippen LogP contribution in [0.4, 0.5) is 4.39 Å². The number of nitrogens with zero attached hydrogens (tertiary/aromatic N) is 1. The van der Waals surface area contributed by atoms with Gasteiger partial charge in [-0.3, -0.25) is 0 Å². The molecule has 0 amide bonds. The Morgan fingerprint density at radius 3 is 2.70 bits per heavy atom. The summed E-state index contributed by atoms with van der Waals surface area (Å²) in [6, 6.07) is 3.84. The van der Waals surface area contributed by atoms with Gasteiger partial charge in [0.05, 0.1) is 4.90 Å². The second-order valence-electron chi connectivity index (χ2n) is 4.46. The maximum Gasteiger partial charge on any atom is 0.242 e. The summed E-state index contributed by atoms with van der Waals surface area (Å²) in [5.74, 6) is -0.416. The van der Waals surface area contributed by atoms with E-state index in [1.54, 1.807) is 14.2 Å². The van der Waals surface area contributed by atoms with Gasteiger partial charge < -0.3 is 10.1 Å². The molecule has 20 heavy (non-hydrogen) atoms. The van der Waals surface area contributed by atoms with Crippen molar-refractivity contribution in [1.82, 2.24) is 9.62 Å². The molecule has 0 spiro atoms. The fourth-order valence-electron chi connectivity index (χ4n) is 1.77. The Kier molecular flexibility index (Phi) is 6.54. The number of hydrogen-bond acceptors (Lipinski definition) is 4. The second-order valence-corrected chi connectivity index (χ2v) is 6.50. The molecular weight excluding hydrogens is 283 g/mol. The molecule has 1 aromatic carbocycles. The van der Waals surface area contributed by atoms with Crippen LogP contribution in [-0.4, -0.2) is 47.1 Å². The maximum absolute atomic E-state index is 13.5. The third-order valence-corrected chi connectivity index (χ3v) is 4.77. The lowest BCUT2D eigenvalue weighted by atomic mass is 10.2. The van der Waals surface area contributed by atoms with Gasteiger partial charge in [-0.15, -0.1) is 0 Å². The minimum Gasteiger partial charge on any atom is -0.385 e.